The van der Waals surface area contributed by atoms with Crippen LogP contribution in [0.1, 0.15) is 25.8 Å². The minimum absolute atomic E-state index is 0.00123. The fourth-order valence-corrected chi connectivity index (χ4v) is 3.62. The number of ether oxygens (including phenoxy) is 2. The normalized spacial score (nSPS) is 24.6. The van der Waals surface area contributed by atoms with E-state index in [1.54, 1.807) is 0 Å². The first-order chi connectivity index (χ1) is 13.7. The molecule has 0 spiro atoms. The monoisotopic (exact) mass is 383 g/mol. The first kappa shape index (κ1) is 18.8. The summed E-state index contributed by atoms with van der Waals surface area (Å²) in [5.41, 5.74) is 2.22. The molecule has 4 heterocycles. The minimum Gasteiger partial charge on any atom is -0.472 e. The van der Waals surface area contributed by atoms with E-state index in [1.165, 1.54) is 5.70 Å². The molecule has 1 aromatic heterocycles. The molecule has 0 amide bonds. The van der Waals surface area contributed by atoms with Crippen LogP contribution in [0.15, 0.2) is 41.3 Å². The van der Waals surface area contributed by atoms with Crippen LogP contribution in [0.2, 0.25) is 0 Å². The first-order valence-corrected chi connectivity index (χ1v) is 10.1. The molecule has 1 aromatic rings. The summed E-state index contributed by atoms with van der Waals surface area (Å²) in [4.78, 5) is 16.2. The first-order valence-electron chi connectivity index (χ1n) is 10.1. The molecule has 7 heteroatoms. The second kappa shape index (κ2) is 8.22. The van der Waals surface area contributed by atoms with E-state index in [0.717, 1.165) is 44.2 Å². The van der Waals surface area contributed by atoms with Gasteiger partial charge < -0.3 is 24.2 Å². The van der Waals surface area contributed by atoms with Gasteiger partial charge in [0.25, 0.3) is 0 Å². The Balaban J connectivity index is 1.44. The zero-order valence-corrected chi connectivity index (χ0v) is 16.9. The lowest BCUT2D eigenvalue weighted by Crippen LogP contribution is -2.45. The summed E-state index contributed by atoms with van der Waals surface area (Å²) in [6, 6.07) is 3.95. The Bertz CT molecular complexity index is 768. The van der Waals surface area contributed by atoms with Crippen molar-refractivity contribution < 1.29 is 9.47 Å². The molecule has 4 rings (SSSR count). The van der Waals surface area contributed by atoms with Crippen molar-refractivity contribution in [1.82, 2.24) is 19.7 Å². The number of rotatable bonds is 6. The molecular weight excluding hydrogens is 354 g/mol. The third-order valence-corrected chi connectivity index (χ3v) is 5.40. The van der Waals surface area contributed by atoms with Crippen molar-refractivity contribution >= 4 is 11.9 Å². The highest BCUT2D eigenvalue weighted by Crippen LogP contribution is 2.26. The largest absolute Gasteiger partial charge is 0.472 e. The Hall–Kier alpha value is -2.54. The molecule has 0 N–H and O–H groups in total. The maximum absolute atomic E-state index is 5.83. The zero-order valence-electron chi connectivity index (χ0n) is 16.9. The van der Waals surface area contributed by atoms with Crippen LogP contribution in [0.4, 0.5) is 0 Å². The van der Waals surface area contributed by atoms with E-state index in [2.05, 4.69) is 58.9 Å². The quantitative estimate of drug-likeness (QED) is 0.752. The third-order valence-electron chi connectivity index (χ3n) is 5.40. The van der Waals surface area contributed by atoms with E-state index in [1.807, 2.05) is 18.3 Å². The van der Waals surface area contributed by atoms with Gasteiger partial charge in [-0.05, 0) is 31.6 Å². The van der Waals surface area contributed by atoms with Gasteiger partial charge in [0.2, 0.25) is 5.88 Å². The number of hydrogen-bond donors (Lipinski definition) is 0. The standard InChI is InChI=1S/C21H29N5O2/c1-4-25-13-18-21(26(5-2)15-25)23-19(24(18)3)8-6-16-7-9-20(22-12-16)28-17-10-11-27-14-17/h6-9,12-13,17,19H,4-5,10-11,14-15H2,1-3H3. The highest BCUT2D eigenvalue weighted by molar-refractivity contribution is 6.00. The van der Waals surface area contributed by atoms with Crippen molar-refractivity contribution in [2.45, 2.75) is 32.5 Å². The van der Waals surface area contributed by atoms with Crippen LogP contribution in [-0.2, 0) is 4.74 Å². The topological polar surface area (TPSA) is 53.4 Å². The van der Waals surface area contributed by atoms with Gasteiger partial charge in [-0.25, -0.2) is 9.98 Å². The van der Waals surface area contributed by atoms with Crippen LogP contribution >= 0.6 is 0 Å². The van der Waals surface area contributed by atoms with E-state index in [4.69, 9.17) is 14.5 Å². The average Bonchev–Trinajstić information content (AvgIpc) is 3.35. The lowest BCUT2D eigenvalue weighted by Gasteiger charge is -2.36. The summed E-state index contributed by atoms with van der Waals surface area (Å²) in [5, 5.41) is 0. The number of hydrogen-bond acceptors (Lipinski definition) is 7. The molecule has 0 bridgehead atoms. The van der Waals surface area contributed by atoms with Crippen molar-refractivity contribution in [2.75, 3.05) is 40.0 Å². The van der Waals surface area contributed by atoms with E-state index >= 15 is 0 Å². The number of aliphatic imine (C=N–C) groups is 1. The van der Waals surface area contributed by atoms with E-state index in [9.17, 15) is 0 Å². The van der Waals surface area contributed by atoms with Gasteiger partial charge in [-0.2, -0.15) is 0 Å². The Morgan fingerprint density at radius 1 is 1.29 bits per heavy atom. The Morgan fingerprint density at radius 3 is 2.86 bits per heavy atom. The number of pyridine rings is 1. The van der Waals surface area contributed by atoms with Crippen molar-refractivity contribution in [3.05, 3.63) is 41.9 Å². The summed E-state index contributed by atoms with van der Waals surface area (Å²) >= 11 is 0. The molecule has 1 fully saturated rings. The Kier molecular flexibility index (Phi) is 5.52. The van der Waals surface area contributed by atoms with Gasteiger partial charge in [-0.1, -0.05) is 6.08 Å². The van der Waals surface area contributed by atoms with E-state index < -0.39 is 0 Å². The molecular formula is C21H29N5O2. The van der Waals surface area contributed by atoms with Crippen molar-refractivity contribution in [3.8, 4) is 5.88 Å². The fourth-order valence-electron chi connectivity index (χ4n) is 3.62. The second-order valence-electron chi connectivity index (χ2n) is 7.29. The predicted molar refractivity (Wildman–Crippen MR) is 110 cm³/mol. The number of amidine groups is 1. The molecule has 2 atom stereocenters. The average molecular weight is 383 g/mol. The van der Waals surface area contributed by atoms with Crippen LogP contribution in [0.25, 0.3) is 6.08 Å². The molecule has 3 aliphatic heterocycles. The van der Waals surface area contributed by atoms with Gasteiger partial charge in [0.05, 0.1) is 25.6 Å². The van der Waals surface area contributed by atoms with Crippen molar-refractivity contribution in [2.24, 2.45) is 4.99 Å². The lowest BCUT2D eigenvalue weighted by atomic mass is 10.2. The van der Waals surface area contributed by atoms with Gasteiger partial charge >= 0.3 is 0 Å². The third kappa shape index (κ3) is 3.85. The molecule has 0 radical (unpaired) electrons. The molecule has 150 valence electrons. The number of aromatic nitrogens is 1. The number of fused-ring (bicyclic) bond motifs is 1. The molecule has 3 aliphatic rings. The molecule has 28 heavy (non-hydrogen) atoms. The smallest absolute Gasteiger partial charge is 0.213 e. The van der Waals surface area contributed by atoms with Gasteiger partial charge in [0, 0.05) is 45.0 Å². The highest BCUT2D eigenvalue weighted by atomic mass is 16.5. The zero-order chi connectivity index (χ0) is 19.5. The number of nitrogens with zero attached hydrogens (tertiary/aromatic N) is 5. The Labute approximate surface area is 166 Å². The maximum atomic E-state index is 5.83. The lowest BCUT2D eigenvalue weighted by molar-refractivity contribution is 0.138. The second-order valence-corrected chi connectivity index (χ2v) is 7.29. The van der Waals surface area contributed by atoms with Crippen LogP contribution in [-0.4, -0.2) is 77.8 Å². The van der Waals surface area contributed by atoms with Crippen molar-refractivity contribution in [3.63, 3.8) is 0 Å². The number of likely N-dealkylation sites (N-methyl/N-ethyl adjacent to an activating group) is 2. The van der Waals surface area contributed by atoms with E-state index in [-0.39, 0.29) is 12.3 Å². The summed E-state index contributed by atoms with van der Waals surface area (Å²) in [5.74, 6) is 1.74. The maximum Gasteiger partial charge on any atom is 0.213 e. The van der Waals surface area contributed by atoms with E-state index in [0.29, 0.717) is 12.5 Å². The molecule has 0 aliphatic carbocycles. The molecule has 0 aromatic carbocycles. The molecule has 0 saturated carbocycles. The van der Waals surface area contributed by atoms with Gasteiger partial charge in [0.15, 0.2) is 5.84 Å². The van der Waals surface area contributed by atoms with Crippen LogP contribution in [0, 0.1) is 0 Å². The molecule has 7 nitrogen and oxygen atoms in total. The summed E-state index contributed by atoms with van der Waals surface area (Å²) < 4.78 is 11.2. The predicted octanol–water partition coefficient (Wildman–Crippen LogP) is 2.39. The van der Waals surface area contributed by atoms with Gasteiger partial charge in [0.1, 0.15) is 12.3 Å². The van der Waals surface area contributed by atoms with Crippen LogP contribution in [0.3, 0.4) is 0 Å². The summed E-state index contributed by atoms with van der Waals surface area (Å²) in [7, 11) is 2.10. The SMILES string of the molecule is CCN1C=C2C(=NC(C=Cc3ccc(OC4CCOC4)nc3)N2C)N(CC)C1. The minimum atomic E-state index is -0.00123. The van der Waals surface area contributed by atoms with Crippen LogP contribution < -0.4 is 4.74 Å². The van der Waals surface area contributed by atoms with Gasteiger partial charge in [-0.15, -0.1) is 0 Å². The fraction of sp³-hybridized carbons (Fsp3) is 0.524. The van der Waals surface area contributed by atoms with Gasteiger partial charge in [-0.3, -0.25) is 0 Å². The Morgan fingerprint density at radius 2 is 2.18 bits per heavy atom. The highest BCUT2D eigenvalue weighted by Gasteiger charge is 2.33. The van der Waals surface area contributed by atoms with Crippen LogP contribution in [0.5, 0.6) is 5.88 Å². The molecule has 2 unspecified atom stereocenters. The summed E-state index contributed by atoms with van der Waals surface area (Å²) in [6.07, 6.45) is 9.31. The summed E-state index contributed by atoms with van der Waals surface area (Å²) in [6.45, 7) is 8.62. The molecule has 1 saturated heterocycles. The van der Waals surface area contributed by atoms with Crippen molar-refractivity contribution in [1.29, 1.82) is 0 Å².